The van der Waals surface area contributed by atoms with E-state index in [2.05, 4.69) is 26.0 Å². The summed E-state index contributed by atoms with van der Waals surface area (Å²) >= 11 is 0. The molecule has 2 saturated carbocycles. The van der Waals surface area contributed by atoms with Crippen molar-refractivity contribution in [1.82, 2.24) is 0 Å². The zero-order valence-corrected chi connectivity index (χ0v) is 11.5. The van der Waals surface area contributed by atoms with Gasteiger partial charge in [-0.2, -0.15) is 0 Å². The van der Waals surface area contributed by atoms with Gasteiger partial charge in [0.05, 0.1) is 0 Å². The molecule has 2 aliphatic carbocycles. The molecule has 3 rings (SSSR count). The molecule has 0 bridgehead atoms. The van der Waals surface area contributed by atoms with Gasteiger partial charge in [-0.3, -0.25) is 0 Å². The summed E-state index contributed by atoms with van der Waals surface area (Å²) in [5.74, 6) is 2.99. The van der Waals surface area contributed by atoms with Crippen LogP contribution in [0.25, 0.3) is 0 Å². The second-order valence-corrected chi connectivity index (χ2v) is 7.00. The van der Waals surface area contributed by atoms with Crippen molar-refractivity contribution in [2.45, 2.75) is 51.9 Å². The molecule has 0 spiro atoms. The van der Waals surface area contributed by atoms with E-state index < -0.39 is 0 Å². The molecular formula is C17H24O. The van der Waals surface area contributed by atoms with Gasteiger partial charge in [0, 0.05) is 0 Å². The molecule has 98 valence electrons. The van der Waals surface area contributed by atoms with Crippen molar-refractivity contribution in [3.8, 4) is 5.75 Å². The Kier molecular flexibility index (Phi) is 2.88. The Morgan fingerprint density at radius 2 is 1.78 bits per heavy atom. The molecule has 1 N–H and O–H groups in total. The standard InChI is InChI=1S/C17H24O/c1-17(2)10-9-14-11-13(5-8-16(14)17)12-3-6-15(18)7-4-12/h3-4,6-7,13-14,16,18H,5,8-11H2,1-2H3. The number of aromatic hydroxyl groups is 1. The monoisotopic (exact) mass is 244 g/mol. The molecule has 0 heterocycles. The highest BCUT2D eigenvalue weighted by Crippen LogP contribution is 2.55. The van der Waals surface area contributed by atoms with Crippen molar-refractivity contribution in [2.24, 2.45) is 17.3 Å². The van der Waals surface area contributed by atoms with Gasteiger partial charge in [0.15, 0.2) is 0 Å². The second-order valence-electron chi connectivity index (χ2n) is 7.00. The first-order valence-electron chi connectivity index (χ1n) is 7.35. The number of rotatable bonds is 1. The first-order chi connectivity index (χ1) is 8.56. The Morgan fingerprint density at radius 1 is 1.06 bits per heavy atom. The predicted octanol–water partition coefficient (Wildman–Crippen LogP) is 4.71. The van der Waals surface area contributed by atoms with Crippen molar-refractivity contribution in [3.05, 3.63) is 29.8 Å². The molecule has 0 radical (unpaired) electrons. The largest absolute Gasteiger partial charge is 0.508 e. The fourth-order valence-corrected chi connectivity index (χ4v) is 4.40. The Labute approximate surface area is 110 Å². The van der Waals surface area contributed by atoms with Gasteiger partial charge in [0.25, 0.3) is 0 Å². The van der Waals surface area contributed by atoms with Crippen LogP contribution in [-0.4, -0.2) is 5.11 Å². The van der Waals surface area contributed by atoms with Gasteiger partial charge in [-0.05, 0) is 73.0 Å². The topological polar surface area (TPSA) is 20.2 Å². The van der Waals surface area contributed by atoms with Gasteiger partial charge in [-0.25, -0.2) is 0 Å². The van der Waals surface area contributed by atoms with Crippen molar-refractivity contribution in [3.63, 3.8) is 0 Å². The van der Waals surface area contributed by atoms with Crippen LogP contribution in [0, 0.1) is 17.3 Å². The van der Waals surface area contributed by atoms with E-state index in [4.69, 9.17) is 0 Å². The summed E-state index contributed by atoms with van der Waals surface area (Å²) in [4.78, 5) is 0. The van der Waals surface area contributed by atoms with Gasteiger partial charge in [0.2, 0.25) is 0 Å². The van der Waals surface area contributed by atoms with Crippen LogP contribution in [-0.2, 0) is 0 Å². The quantitative estimate of drug-likeness (QED) is 0.758. The minimum absolute atomic E-state index is 0.384. The molecule has 1 aromatic carbocycles. The molecule has 1 heteroatoms. The summed E-state index contributed by atoms with van der Waals surface area (Å²) in [6, 6.07) is 7.89. The average molecular weight is 244 g/mol. The summed E-state index contributed by atoms with van der Waals surface area (Å²) in [5.41, 5.74) is 2.00. The number of fused-ring (bicyclic) bond motifs is 1. The van der Waals surface area contributed by atoms with Gasteiger partial charge in [-0.1, -0.05) is 26.0 Å². The Hall–Kier alpha value is -0.980. The third-order valence-electron chi connectivity index (χ3n) is 5.51. The lowest BCUT2D eigenvalue weighted by Gasteiger charge is -2.38. The zero-order valence-electron chi connectivity index (χ0n) is 11.5. The maximum Gasteiger partial charge on any atom is 0.115 e. The SMILES string of the molecule is CC1(C)CCC2CC(c3ccc(O)cc3)CCC21. The fourth-order valence-electron chi connectivity index (χ4n) is 4.40. The van der Waals surface area contributed by atoms with Crippen LogP contribution < -0.4 is 0 Å². The molecule has 0 aromatic heterocycles. The van der Waals surface area contributed by atoms with E-state index in [1.807, 2.05) is 12.1 Å². The first-order valence-corrected chi connectivity index (χ1v) is 7.35. The van der Waals surface area contributed by atoms with Gasteiger partial charge < -0.3 is 5.11 Å². The zero-order chi connectivity index (χ0) is 12.8. The van der Waals surface area contributed by atoms with E-state index in [1.165, 1.54) is 37.7 Å². The van der Waals surface area contributed by atoms with E-state index in [0.29, 0.717) is 11.2 Å². The molecule has 0 amide bonds. The highest BCUT2D eigenvalue weighted by Gasteiger charge is 2.44. The van der Waals surface area contributed by atoms with Crippen LogP contribution in [0.2, 0.25) is 0 Å². The number of hydrogen-bond acceptors (Lipinski definition) is 1. The van der Waals surface area contributed by atoms with E-state index in [9.17, 15) is 5.11 Å². The van der Waals surface area contributed by atoms with E-state index >= 15 is 0 Å². The lowest BCUT2D eigenvalue weighted by atomic mass is 9.67. The van der Waals surface area contributed by atoms with Crippen molar-refractivity contribution < 1.29 is 5.11 Å². The molecule has 18 heavy (non-hydrogen) atoms. The van der Waals surface area contributed by atoms with Crippen LogP contribution in [0.15, 0.2) is 24.3 Å². The lowest BCUT2D eigenvalue weighted by Crippen LogP contribution is -2.27. The van der Waals surface area contributed by atoms with Crippen LogP contribution in [0.4, 0.5) is 0 Å². The average Bonchev–Trinajstić information content (AvgIpc) is 2.66. The maximum atomic E-state index is 9.37. The number of phenols is 1. The normalized spacial score (nSPS) is 34.2. The highest BCUT2D eigenvalue weighted by atomic mass is 16.3. The molecular weight excluding hydrogens is 220 g/mol. The Morgan fingerprint density at radius 3 is 2.50 bits per heavy atom. The minimum atomic E-state index is 0.384. The number of phenolic OH excluding ortho intramolecular Hbond substituents is 1. The van der Waals surface area contributed by atoms with E-state index in [0.717, 1.165) is 17.8 Å². The van der Waals surface area contributed by atoms with Crippen molar-refractivity contribution in [1.29, 1.82) is 0 Å². The minimum Gasteiger partial charge on any atom is -0.508 e. The molecule has 1 nitrogen and oxygen atoms in total. The summed E-state index contributed by atoms with van der Waals surface area (Å²) in [5, 5.41) is 9.37. The summed E-state index contributed by atoms with van der Waals surface area (Å²) < 4.78 is 0. The smallest absolute Gasteiger partial charge is 0.115 e. The van der Waals surface area contributed by atoms with Gasteiger partial charge in [-0.15, -0.1) is 0 Å². The molecule has 3 atom stereocenters. The Bertz CT molecular complexity index is 418. The second kappa shape index (κ2) is 4.29. The van der Waals surface area contributed by atoms with Gasteiger partial charge in [0.1, 0.15) is 5.75 Å². The molecule has 1 aromatic rings. The fraction of sp³-hybridized carbons (Fsp3) is 0.647. The highest BCUT2D eigenvalue weighted by molar-refractivity contribution is 5.28. The molecule has 0 saturated heterocycles. The molecule has 2 aliphatic rings. The van der Waals surface area contributed by atoms with Crippen LogP contribution >= 0.6 is 0 Å². The lowest BCUT2D eigenvalue weighted by molar-refractivity contribution is 0.152. The van der Waals surface area contributed by atoms with E-state index in [-0.39, 0.29) is 0 Å². The number of benzene rings is 1. The molecule has 3 unspecified atom stereocenters. The predicted molar refractivity (Wildman–Crippen MR) is 74.7 cm³/mol. The van der Waals surface area contributed by atoms with Crippen LogP contribution in [0.5, 0.6) is 5.75 Å². The van der Waals surface area contributed by atoms with Gasteiger partial charge >= 0.3 is 0 Å². The summed E-state index contributed by atoms with van der Waals surface area (Å²) in [7, 11) is 0. The maximum absolute atomic E-state index is 9.37. The third kappa shape index (κ3) is 2.04. The van der Waals surface area contributed by atoms with Crippen LogP contribution in [0.3, 0.4) is 0 Å². The molecule has 2 fully saturated rings. The van der Waals surface area contributed by atoms with Crippen molar-refractivity contribution >= 4 is 0 Å². The summed E-state index contributed by atoms with van der Waals surface area (Å²) in [6.45, 7) is 4.91. The number of hydrogen-bond donors (Lipinski definition) is 1. The van der Waals surface area contributed by atoms with E-state index in [1.54, 1.807) is 0 Å². The van der Waals surface area contributed by atoms with Crippen LogP contribution in [0.1, 0.15) is 57.4 Å². The van der Waals surface area contributed by atoms with Crippen molar-refractivity contribution in [2.75, 3.05) is 0 Å². The third-order valence-corrected chi connectivity index (χ3v) is 5.51. The first kappa shape index (κ1) is 12.1. The Balaban J connectivity index is 1.74. The summed E-state index contributed by atoms with van der Waals surface area (Å²) in [6.07, 6.45) is 6.91. The molecule has 0 aliphatic heterocycles.